The molecule has 1 N–H and O–H groups in total. The van der Waals surface area contributed by atoms with E-state index < -0.39 is 17.6 Å². The first-order chi connectivity index (χ1) is 16.4. The van der Waals surface area contributed by atoms with Crippen LogP contribution in [0.15, 0.2) is 30.6 Å². The molecule has 2 heterocycles. The smallest absolute Gasteiger partial charge is 0.308 e. The van der Waals surface area contributed by atoms with Gasteiger partial charge in [-0.15, -0.1) is 0 Å². The van der Waals surface area contributed by atoms with Crippen molar-refractivity contribution in [1.29, 1.82) is 0 Å². The van der Waals surface area contributed by atoms with Crippen LogP contribution in [0.4, 0.5) is 0 Å². The minimum absolute atomic E-state index is 0.164. The maximum absolute atomic E-state index is 13.2. The number of nitrogens with one attached hydrogen (secondary N) is 1. The van der Waals surface area contributed by atoms with Crippen molar-refractivity contribution < 1.29 is 19.1 Å². The van der Waals surface area contributed by atoms with Crippen molar-refractivity contribution in [2.75, 3.05) is 13.1 Å². The van der Waals surface area contributed by atoms with Crippen molar-refractivity contribution in [3.05, 3.63) is 52.0 Å². The van der Waals surface area contributed by atoms with Gasteiger partial charge in [0, 0.05) is 48.4 Å². The fourth-order valence-corrected chi connectivity index (χ4v) is 4.61. The number of nitrogens with zero attached hydrogens (tertiary/aromatic N) is 3. The van der Waals surface area contributed by atoms with Crippen LogP contribution in [0.5, 0.6) is 0 Å². The van der Waals surface area contributed by atoms with Crippen LogP contribution in [0.1, 0.15) is 64.3 Å². The third kappa shape index (κ3) is 7.70. The van der Waals surface area contributed by atoms with Crippen LogP contribution in [-0.4, -0.2) is 57.0 Å². The molecule has 8 nitrogen and oxygen atoms in total. The standard InChI is InChI=1S/C25H32Cl2N4O4/c1-16(32)29-21(14-22(33)35-25(2,3)4)24(34)30-10-7-17(8-11-30)23-28-9-12-31(23)15-18-13-19(26)5-6-20(18)27/h5-6,9,12-13,17,21H,7-8,10-11,14-15H2,1-4H3,(H,29,32). The Hall–Kier alpha value is -2.58. The molecule has 10 heteroatoms. The van der Waals surface area contributed by atoms with Gasteiger partial charge in [0.05, 0.1) is 13.0 Å². The molecule has 2 amide bonds. The Kier molecular flexibility index (Phi) is 8.83. The number of benzene rings is 1. The average Bonchev–Trinajstić information content (AvgIpc) is 3.22. The van der Waals surface area contributed by atoms with Crippen molar-refractivity contribution in [3.63, 3.8) is 0 Å². The van der Waals surface area contributed by atoms with E-state index in [-0.39, 0.29) is 24.2 Å². The summed E-state index contributed by atoms with van der Waals surface area (Å²) in [6, 6.07) is 4.43. The van der Waals surface area contributed by atoms with Gasteiger partial charge in [-0.25, -0.2) is 4.98 Å². The molecule has 0 saturated carbocycles. The molecule has 1 aliphatic heterocycles. The number of esters is 1. The van der Waals surface area contributed by atoms with E-state index in [1.54, 1.807) is 44.0 Å². The number of ether oxygens (including phenoxy) is 1. The summed E-state index contributed by atoms with van der Waals surface area (Å²) >= 11 is 12.5. The summed E-state index contributed by atoms with van der Waals surface area (Å²) in [5, 5.41) is 3.87. The number of carbonyl (C=O) groups is 3. The largest absolute Gasteiger partial charge is 0.460 e. The van der Waals surface area contributed by atoms with Crippen molar-refractivity contribution >= 4 is 41.0 Å². The second-order valence-electron chi connectivity index (χ2n) is 9.79. The minimum Gasteiger partial charge on any atom is -0.460 e. The molecule has 1 atom stereocenters. The predicted molar refractivity (Wildman–Crippen MR) is 134 cm³/mol. The number of amides is 2. The SMILES string of the molecule is CC(=O)NC(CC(=O)OC(C)(C)C)C(=O)N1CCC(c2nccn2Cc2cc(Cl)ccc2Cl)CC1. The summed E-state index contributed by atoms with van der Waals surface area (Å²) in [6.45, 7) is 8.15. The number of piperidine rings is 1. The Bertz CT molecular complexity index is 1070. The molecule has 0 spiro atoms. The van der Waals surface area contributed by atoms with Gasteiger partial charge in [0.1, 0.15) is 17.5 Å². The van der Waals surface area contributed by atoms with Gasteiger partial charge in [-0.3, -0.25) is 14.4 Å². The number of aromatic nitrogens is 2. The van der Waals surface area contributed by atoms with Crippen LogP contribution in [-0.2, 0) is 25.7 Å². The Morgan fingerprint density at radius 3 is 2.51 bits per heavy atom. The first-order valence-corrected chi connectivity index (χ1v) is 12.4. The van der Waals surface area contributed by atoms with Gasteiger partial charge in [0.25, 0.3) is 0 Å². The molecular formula is C25H32Cl2N4O4. The number of likely N-dealkylation sites (tertiary alicyclic amines) is 1. The van der Waals surface area contributed by atoms with Crippen LogP contribution in [0.2, 0.25) is 10.0 Å². The van der Waals surface area contributed by atoms with Crippen LogP contribution in [0.25, 0.3) is 0 Å². The van der Waals surface area contributed by atoms with Crippen LogP contribution >= 0.6 is 23.2 Å². The molecule has 1 saturated heterocycles. The molecule has 3 rings (SSSR count). The second-order valence-corrected chi connectivity index (χ2v) is 10.6. The molecule has 1 aromatic carbocycles. The first-order valence-electron chi connectivity index (χ1n) is 11.7. The molecule has 0 bridgehead atoms. The van der Waals surface area contributed by atoms with E-state index in [1.807, 2.05) is 12.3 Å². The van der Waals surface area contributed by atoms with Gasteiger partial charge < -0.3 is 19.5 Å². The summed E-state index contributed by atoms with van der Waals surface area (Å²) in [4.78, 5) is 43.4. The molecular weight excluding hydrogens is 491 g/mol. The monoisotopic (exact) mass is 522 g/mol. The Balaban J connectivity index is 1.64. The fraction of sp³-hybridized carbons (Fsp3) is 0.520. The van der Waals surface area contributed by atoms with E-state index in [1.165, 1.54) is 6.92 Å². The fourth-order valence-electron chi connectivity index (χ4n) is 4.24. The third-order valence-electron chi connectivity index (χ3n) is 5.73. The number of halogens is 2. The molecule has 190 valence electrons. The van der Waals surface area contributed by atoms with E-state index in [9.17, 15) is 14.4 Å². The molecule has 1 unspecified atom stereocenters. The minimum atomic E-state index is -0.953. The van der Waals surface area contributed by atoms with E-state index in [4.69, 9.17) is 27.9 Å². The lowest BCUT2D eigenvalue weighted by Gasteiger charge is -2.34. The van der Waals surface area contributed by atoms with Crippen molar-refractivity contribution in [3.8, 4) is 0 Å². The number of imidazole rings is 1. The summed E-state index contributed by atoms with van der Waals surface area (Å²) in [5.74, 6) is -0.0827. The number of hydrogen-bond acceptors (Lipinski definition) is 5. The van der Waals surface area contributed by atoms with E-state index in [0.717, 1.165) is 11.4 Å². The highest BCUT2D eigenvalue weighted by Gasteiger charge is 2.33. The molecule has 1 aliphatic rings. The third-order valence-corrected chi connectivity index (χ3v) is 6.34. The lowest BCUT2D eigenvalue weighted by Crippen LogP contribution is -2.51. The highest BCUT2D eigenvalue weighted by molar-refractivity contribution is 6.33. The van der Waals surface area contributed by atoms with Crippen LogP contribution in [0.3, 0.4) is 0 Å². The summed E-state index contributed by atoms with van der Waals surface area (Å²) in [5.41, 5.74) is 0.238. The van der Waals surface area contributed by atoms with Gasteiger partial charge in [-0.05, 0) is 57.4 Å². The van der Waals surface area contributed by atoms with Crippen LogP contribution < -0.4 is 5.32 Å². The predicted octanol–water partition coefficient (Wildman–Crippen LogP) is 4.18. The van der Waals surface area contributed by atoms with Crippen LogP contribution in [0, 0.1) is 0 Å². The zero-order valence-corrected chi connectivity index (χ0v) is 22.0. The molecule has 1 fully saturated rings. The lowest BCUT2D eigenvalue weighted by molar-refractivity contribution is -0.157. The number of hydrogen-bond donors (Lipinski definition) is 1. The summed E-state index contributed by atoms with van der Waals surface area (Å²) in [7, 11) is 0. The maximum atomic E-state index is 13.2. The van der Waals surface area contributed by atoms with Gasteiger partial charge in [-0.2, -0.15) is 0 Å². The zero-order valence-electron chi connectivity index (χ0n) is 20.5. The zero-order chi connectivity index (χ0) is 25.8. The topological polar surface area (TPSA) is 93.5 Å². The molecule has 1 aromatic heterocycles. The van der Waals surface area contributed by atoms with Crippen molar-refractivity contribution in [1.82, 2.24) is 19.8 Å². The van der Waals surface area contributed by atoms with E-state index in [0.29, 0.717) is 42.5 Å². The summed E-state index contributed by atoms with van der Waals surface area (Å²) < 4.78 is 7.40. The van der Waals surface area contributed by atoms with Gasteiger partial charge in [0.2, 0.25) is 11.8 Å². The van der Waals surface area contributed by atoms with E-state index >= 15 is 0 Å². The highest BCUT2D eigenvalue weighted by atomic mass is 35.5. The Morgan fingerprint density at radius 2 is 1.89 bits per heavy atom. The highest BCUT2D eigenvalue weighted by Crippen LogP contribution is 2.29. The molecule has 0 aliphatic carbocycles. The quantitative estimate of drug-likeness (QED) is 0.550. The molecule has 2 aromatic rings. The van der Waals surface area contributed by atoms with Crippen molar-refractivity contribution in [2.45, 2.75) is 71.1 Å². The lowest BCUT2D eigenvalue weighted by atomic mass is 9.95. The van der Waals surface area contributed by atoms with Crippen molar-refractivity contribution in [2.24, 2.45) is 0 Å². The van der Waals surface area contributed by atoms with E-state index in [2.05, 4.69) is 14.9 Å². The molecule has 35 heavy (non-hydrogen) atoms. The van der Waals surface area contributed by atoms with Gasteiger partial charge in [-0.1, -0.05) is 23.2 Å². The van der Waals surface area contributed by atoms with Gasteiger partial charge in [0.15, 0.2) is 0 Å². The number of rotatable bonds is 7. The Morgan fingerprint density at radius 1 is 1.20 bits per heavy atom. The number of carbonyl (C=O) groups excluding carboxylic acids is 3. The first kappa shape index (κ1) is 27.0. The summed E-state index contributed by atoms with van der Waals surface area (Å²) in [6.07, 6.45) is 4.90. The van der Waals surface area contributed by atoms with Gasteiger partial charge >= 0.3 is 5.97 Å². The maximum Gasteiger partial charge on any atom is 0.308 e. The normalized spacial score (nSPS) is 15.5. The Labute approximate surface area is 215 Å². The molecule has 0 radical (unpaired) electrons. The second kappa shape index (κ2) is 11.4. The average molecular weight is 523 g/mol.